The zero-order valence-electron chi connectivity index (χ0n) is 16.2. The van der Waals surface area contributed by atoms with Crippen LogP contribution in [0.2, 0.25) is 0 Å². The fourth-order valence-corrected chi connectivity index (χ4v) is 4.81. The van der Waals surface area contributed by atoms with Gasteiger partial charge in [-0.05, 0) is 31.0 Å². The van der Waals surface area contributed by atoms with Crippen molar-refractivity contribution in [2.24, 2.45) is 0 Å². The van der Waals surface area contributed by atoms with Gasteiger partial charge < -0.3 is 10.2 Å². The van der Waals surface area contributed by atoms with Crippen molar-refractivity contribution < 1.29 is 17.6 Å². The first-order valence-electron chi connectivity index (χ1n) is 9.63. The van der Waals surface area contributed by atoms with Gasteiger partial charge in [-0.1, -0.05) is 6.07 Å². The van der Waals surface area contributed by atoms with Crippen molar-refractivity contribution >= 4 is 16.1 Å². The molecular weight excluding hydrogens is 397 g/mol. The topological polar surface area (TPSA) is 87.5 Å². The third kappa shape index (κ3) is 4.27. The second-order valence-corrected chi connectivity index (χ2v) is 9.55. The normalized spacial score (nSPS) is 18.5. The molecule has 1 aromatic heterocycles. The molecule has 0 atom stereocenters. The maximum atomic E-state index is 13.5. The third-order valence-electron chi connectivity index (χ3n) is 5.53. The van der Waals surface area contributed by atoms with Crippen LogP contribution in [0, 0.1) is 5.82 Å². The van der Waals surface area contributed by atoms with Gasteiger partial charge in [0.1, 0.15) is 5.82 Å². The third-order valence-corrected chi connectivity index (χ3v) is 6.83. The minimum Gasteiger partial charge on any atom is -0.335 e. The predicted molar refractivity (Wildman–Crippen MR) is 106 cm³/mol. The van der Waals surface area contributed by atoms with Crippen LogP contribution in [0.5, 0.6) is 0 Å². The van der Waals surface area contributed by atoms with Crippen molar-refractivity contribution in [1.29, 1.82) is 0 Å². The number of nitrogens with one attached hydrogen (secondary N) is 1. The largest absolute Gasteiger partial charge is 0.335 e. The molecule has 1 saturated heterocycles. The molecule has 2 amide bonds. The molecule has 10 heteroatoms. The van der Waals surface area contributed by atoms with E-state index in [4.69, 9.17) is 0 Å². The number of nitrogens with zero attached hydrogens (tertiary/aromatic N) is 4. The Labute approximate surface area is 169 Å². The number of rotatable bonds is 3. The lowest BCUT2D eigenvalue weighted by atomic mass is 10.1. The van der Waals surface area contributed by atoms with Gasteiger partial charge in [0.25, 0.3) is 0 Å². The van der Waals surface area contributed by atoms with Crippen LogP contribution in [-0.4, -0.2) is 65.4 Å². The van der Waals surface area contributed by atoms with E-state index in [1.165, 1.54) is 22.7 Å². The first-order chi connectivity index (χ1) is 13.8. The Hall–Kier alpha value is -2.46. The zero-order chi connectivity index (χ0) is 20.6. The van der Waals surface area contributed by atoms with Crippen LogP contribution in [0.4, 0.5) is 9.18 Å². The molecule has 3 heterocycles. The molecular formula is C19H24FN5O3S. The summed E-state index contributed by atoms with van der Waals surface area (Å²) in [7, 11) is -3.18. The van der Waals surface area contributed by atoms with Crippen LogP contribution >= 0.6 is 0 Å². The van der Waals surface area contributed by atoms with Crippen molar-refractivity contribution in [2.75, 3.05) is 25.9 Å². The smallest absolute Gasteiger partial charge is 0.317 e. The molecule has 2 aliphatic rings. The van der Waals surface area contributed by atoms with Crippen LogP contribution in [-0.2, 0) is 23.0 Å². The summed E-state index contributed by atoms with van der Waals surface area (Å²) in [6.45, 7) is 1.84. The number of urea groups is 1. The molecule has 0 unspecified atom stereocenters. The van der Waals surface area contributed by atoms with E-state index < -0.39 is 10.0 Å². The zero-order valence-corrected chi connectivity index (χ0v) is 17.0. The number of amides is 2. The van der Waals surface area contributed by atoms with E-state index in [2.05, 4.69) is 10.4 Å². The fourth-order valence-electron chi connectivity index (χ4n) is 3.93. The molecule has 0 saturated carbocycles. The second kappa shape index (κ2) is 7.75. The number of fused-ring (bicyclic) bond motifs is 1. The monoisotopic (exact) mass is 421 g/mol. The average Bonchev–Trinajstić information content (AvgIpc) is 3.11. The number of carbonyl (C=O) groups excluding carboxylic acids is 1. The summed E-state index contributed by atoms with van der Waals surface area (Å²) in [6, 6.07) is 6.11. The van der Waals surface area contributed by atoms with E-state index in [9.17, 15) is 17.6 Å². The van der Waals surface area contributed by atoms with Gasteiger partial charge in [-0.3, -0.25) is 0 Å². The Balaban J connectivity index is 1.38. The summed E-state index contributed by atoms with van der Waals surface area (Å²) in [5, 5.41) is 7.41. The average molecular weight is 421 g/mol. The maximum absolute atomic E-state index is 13.5. The molecule has 2 aromatic rings. The Kier molecular flexibility index (Phi) is 5.30. The first-order valence-corrected chi connectivity index (χ1v) is 11.5. The van der Waals surface area contributed by atoms with Gasteiger partial charge in [0, 0.05) is 37.7 Å². The molecule has 156 valence electrons. The number of carbonyl (C=O) groups is 1. The van der Waals surface area contributed by atoms with Crippen LogP contribution in [0.15, 0.2) is 30.5 Å². The van der Waals surface area contributed by atoms with E-state index >= 15 is 0 Å². The van der Waals surface area contributed by atoms with Gasteiger partial charge >= 0.3 is 6.03 Å². The molecule has 4 rings (SSSR count). The molecule has 29 heavy (non-hydrogen) atoms. The summed E-state index contributed by atoms with van der Waals surface area (Å²) >= 11 is 0. The summed E-state index contributed by atoms with van der Waals surface area (Å²) in [4.78, 5) is 14.4. The number of hydrogen-bond acceptors (Lipinski definition) is 4. The highest BCUT2D eigenvalue weighted by Crippen LogP contribution is 2.23. The highest BCUT2D eigenvalue weighted by Gasteiger charge is 2.29. The standard InChI is InChI=1S/C19H24FN5O3S/c1-29(27,28)24-9-5-16(6-10-24)22-19(26)23-8-7-18-14(13-23)12-21-25(18)17-4-2-3-15(20)11-17/h2-4,11-12,16H,5-10,13H2,1H3,(H,22,26). The number of sulfonamides is 1. The van der Waals surface area contributed by atoms with Crippen LogP contribution in [0.3, 0.4) is 0 Å². The molecule has 0 radical (unpaired) electrons. The number of aromatic nitrogens is 2. The van der Waals surface area contributed by atoms with Crippen LogP contribution in [0.1, 0.15) is 24.1 Å². The minimum atomic E-state index is -3.18. The molecule has 2 aliphatic heterocycles. The van der Waals surface area contributed by atoms with Gasteiger partial charge in [0.15, 0.2) is 0 Å². The highest BCUT2D eigenvalue weighted by molar-refractivity contribution is 7.88. The molecule has 1 fully saturated rings. The first kappa shape index (κ1) is 19.8. The summed E-state index contributed by atoms with van der Waals surface area (Å²) in [5.74, 6) is -0.314. The quantitative estimate of drug-likeness (QED) is 0.814. The summed E-state index contributed by atoms with van der Waals surface area (Å²) < 4.78 is 39.9. The van der Waals surface area contributed by atoms with Gasteiger partial charge in [-0.15, -0.1) is 0 Å². The number of benzene rings is 1. The lowest BCUT2D eigenvalue weighted by Crippen LogP contribution is -2.50. The summed E-state index contributed by atoms with van der Waals surface area (Å²) in [5.41, 5.74) is 2.60. The van der Waals surface area contributed by atoms with Crippen molar-refractivity contribution in [3.63, 3.8) is 0 Å². The fraction of sp³-hybridized carbons (Fsp3) is 0.474. The number of piperidine rings is 1. The maximum Gasteiger partial charge on any atom is 0.317 e. The number of hydrogen-bond donors (Lipinski definition) is 1. The molecule has 8 nitrogen and oxygen atoms in total. The van der Waals surface area contributed by atoms with Crippen LogP contribution < -0.4 is 5.32 Å². The van der Waals surface area contributed by atoms with Gasteiger partial charge in [-0.25, -0.2) is 26.6 Å². The van der Waals surface area contributed by atoms with E-state index in [0.717, 1.165) is 11.3 Å². The van der Waals surface area contributed by atoms with Gasteiger partial charge in [0.05, 0.1) is 30.4 Å². The van der Waals surface area contributed by atoms with Crippen molar-refractivity contribution in [2.45, 2.75) is 31.8 Å². The summed E-state index contributed by atoms with van der Waals surface area (Å²) in [6.07, 6.45) is 4.78. The minimum absolute atomic E-state index is 0.0306. The van der Waals surface area contributed by atoms with Crippen molar-refractivity contribution in [3.8, 4) is 5.69 Å². The highest BCUT2D eigenvalue weighted by atomic mass is 32.2. The van der Waals surface area contributed by atoms with E-state index in [-0.39, 0.29) is 17.9 Å². The Bertz CT molecular complexity index is 1010. The number of halogens is 1. The Morgan fingerprint density at radius 1 is 1.24 bits per heavy atom. The predicted octanol–water partition coefficient (Wildman–Crippen LogP) is 1.50. The van der Waals surface area contributed by atoms with Gasteiger partial charge in [0.2, 0.25) is 10.0 Å². The lowest BCUT2D eigenvalue weighted by molar-refractivity contribution is 0.181. The second-order valence-electron chi connectivity index (χ2n) is 7.57. The molecule has 1 aromatic carbocycles. The van der Waals surface area contributed by atoms with Crippen molar-refractivity contribution in [3.05, 3.63) is 47.5 Å². The molecule has 1 N–H and O–H groups in total. The van der Waals surface area contributed by atoms with Crippen molar-refractivity contribution in [1.82, 2.24) is 24.3 Å². The molecule has 0 bridgehead atoms. The molecule has 0 spiro atoms. The van der Waals surface area contributed by atoms with E-state index in [0.29, 0.717) is 51.1 Å². The van der Waals surface area contributed by atoms with Crippen LogP contribution in [0.25, 0.3) is 5.69 Å². The Morgan fingerprint density at radius 2 is 2.00 bits per heavy atom. The SMILES string of the molecule is CS(=O)(=O)N1CCC(NC(=O)N2CCc3c(cnn3-c3cccc(F)c3)C2)CC1. The lowest BCUT2D eigenvalue weighted by Gasteiger charge is -2.33. The van der Waals surface area contributed by atoms with E-state index in [1.807, 2.05) is 0 Å². The Morgan fingerprint density at radius 3 is 2.69 bits per heavy atom. The molecule has 0 aliphatic carbocycles. The van der Waals surface area contributed by atoms with E-state index in [1.54, 1.807) is 27.9 Å². The van der Waals surface area contributed by atoms with Gasteiger partial charge in [-0.2, -0.15) is 5.10 Å².